The Morgan fingerprint density at radius 1 is 1.11 bits per heavy atom. The molecule has 10 heteroatoms. The number of likely N-dealkylation sites (tertiary alicyclic amines) is 1. The summed E-state index contributed by atoms with van der Waals surface area (Å²) in [6.45, 7) is 1.39. The first-order chi connectivity index (χ1) is 17.4. The molecular weight excluding hydrogens is 489 g/mol. The maximum absolute atomic E-state index is 13.6. The van der Waals surface area contributed by atoms with Crippen LogP contribution >= 0.6 is 11.3 Å². The van der Waals surface area contributed by atoms with E-state index in [-0.39, 0.29) is 18.1 Å². The summed E-state index contributed by atoms with van der Waals surface area (Å²) in [6.07, 6.45) is 1.69. The molecule has 4 heterocycles. The third-order valence-corrected chi connectivity index (χ3v) is 7.94. The molecule has 8 nitrogen and oxygen atoms in total. The van der Waals surface area contributed by atoms with E-state index in [1.54, 1.807) is 47.7 Å². The number of piperidine rings is 1. The Bertz CT molecular complexity index is 1440. The highest BCUT2D eigenvalue weighted by Crippen LogP contribution is 2.38. The number of benzene rings is 2. The van der Waals surface area contributed by atoms with E-state index in [0.717, 1.165) is 22.9 Å². The number of hydrogen-bond acceptors (Lipinski definition) is 9. The van der Waals surface area contributed by atoms with Gasteiger partial charge in [0.05, 0.1) is 11.6 Å². The van der Waals surface area contributed by atoms with Crippen LogP contribution in [0.5, 0.6) is 5.75 Å². The predicted octanol–water partition coefficient (Wildman–Crippen LogP) is 4.16. The van der Waals surface area contributed by atoms with Crippen molar-refractivity contribution in [3.63, 3.8) is 0 Å². The average molecular weight is 512 g/mol. The van der Waals surface area contributed by atoms with Crippen LogP contribution in [0, 0.1) is 5.82 Å². The van der Waals surface area contributed by atoms with Gasteiger partial charge in [-0.05, 0) is 73.6 Å². The lowest BCUT2D eigenvalue weighted by molar-refractivity contribution is -0.318. The summed E-state index contributed by atoms with van der Waals surface area (Å²) in [7, 11) is 0. The Hall–Kier alpha value is -3.47. The first-order valence-corrected chi connectivity index (χ1v) is 12.4. The third-order valence-electron chi connectivity index (χ3n) is 6.68. The molecule has 0 aliphatic carbocycles. The van der Waals surface area contributed by atoms with Crippen LogP contribution in [0.25, 0.3) is 21.1 Å². The molecule has 6 rings (SSSR count). The molecule has 2 aromatic heterocycles. The van der Waals surface area contributed by atoms with E-state index >= 15 is 0 Å². The molecule has 2 saturated heterocycles. The SMILES string of the molecule is O=C1OC(Oc2cccc3occc23)([C@@H](O)CN2CCC(c3cc4ccc(F)cc4s3)CC2)OC1=O. The van der Waals surface area contributed by atoms with Gasteiger partial charge in [-0.3, -0.25) is 0 Å². The number of rotatable bonds is 6. The van der Waals surface area contributed by atoms with Gasteiger partial charge in [0.25, 0.3) is 0 Å². The van der Waals surface area contributed by atoms with Crippen molar-refractivity contribution < 1.29 is 37.7 Å². The largest absolute Gasteiger partial charge is 0.464 e. The second-order valence-corrected chi connectivity index (χ2v) is 10.1. The van der Waals surface area contributed by atoms with E-state index in [2.05, 4.69) is 6.07 Å². The van der Waals surface area contributed by atoms with Crippen molar-refractivity contribution >= 4 is 44.3 Å². The summed E-state index contributed by atoms with van der Waals surface area (Å²) in [5, 5.41) is 12.7. The summed E-state index contributed by atoms with van der Waals surface area (Å²) < 4.78 is 36.0. The Morgan fingerprint density at radius 2 is 1.89 bits per heavy atom. The van der Waals surface area contributed by atoms with E-state index in [4.69, 9.17) is 18.6 Å². The van der Waals surface area contributed by atoms with Crippen molar-refractivity contribution in [1.82, 2.24) is 4.90 Å². The van der Waals surface area contributed by atoms with Crippen LogP contribution in [0.1, 0.15) is 23.6 Å². The quantitative estimate of drug-likeness (QED) is 0.304. The zero-order chi connectivity index (χ0) is 24.9. The summed E-state index contributed by atoms with van der Waals surface area (Å²) in [5.41, 5.74) is 0.527. The molecule has 0 spiro atoms. The highest BCUT2D eigenvalue weighted by Gasteiger charge is 2.58. The van der Waals surface area contributed by atoms with E-state index in [0.29, 0.717) is 30.0 Å². The fourth-order valence-corrected chi connectivity index (χ4v) is 6.06. The Balaban J connectivity index is 1.16. The van der Waals surface area contributed by atoms with Crippen LogP contribution < -0.4 is 4.74 Å². The van der Waals surface area contributed by atoms with Crippen molar-refractivity contribution in [1.29, 1.82) is 0 Å². The van der Waals surface area contributed by atoms with Crippen LogP contribution in [-0.2, 0) is 19.1 Å². The molecule has 186 valence electrons. The van der Waals surface area contributed by atoms with Crippen molar-refractivity contribution in [3.8, 4) is 5.75 Å². The fraction of sp³-hybridized carbons (Fsp3) is 0.308. The number of thiophene rings is 1. The second kappa shape index (κ2) is 8.88. The minimum Gasteiger partial charge on any atom is -0.464 e. The molecule has 0 radical (unpaired) electrons. The summed E-state index contributed by atoms with van der Waals surface area (Å²) >= 11 is 1.61. The summed E-state index contributed by atoms with van der Waals surface area (Å²) in [5.74, 6) is -4.44. The standard InChI is InChI=1S/C26H22FNO7S/c27-17-5-4-16-12-21(36-22(16)13-17)15-6-9-28(10-7-15)14-23(29)26(34-24(30)25(31)35-26)33-20-3-1-2-19-18(20)8-11-32-19/h1-5,8,11-13,15,23,29H,6-7,9-10,14H2/t23-/m0/s1. The summed E-state index contributed by atoms with van der Waals surface area (Å²) in [6, 6.07) is 13.6. The lowest BCUT2D eigenvalue weighted by Crippen LogP contribution is -2.54. The third kappa shape index (κ3) is 4.11. The minimum absolute atomic E-state index is 0.0618. The fourth-order valence-electron chi connectivity index (χ4n) is 4.80. The molecule has 2 fully saturated rings. The van der Waals surface area contributed by atoms with Gasteiger partial charge in [-0.25, -0.2) is 14.0 Å². The van der Waals surface area contributed by atoms with E-state index in [1.165, 1.54) is 17.2 Å². The molecule has 36 heavy (non-hydrogen) atoms. The molecule has 0 bridgehead atoms. The molecule has 0 amide bonds. The number of halogens is 1. The van der Waals surface area contributed by atoms with Gasteiger partial charge in [-0.2, -0.15) is 0 Å². The molecule has 0 saturated carbocycles. The van der Waals surface area contributed by atoms with Gasteiger partial charge < -0.3 is 28.6 Å². The van der Waals surface area contributed by atoms with Crippen molar-refractivity contribution in [2.45, 2.75) is 30.8 Å². The number of carbonyl (C=O) groups is 2. The van der Waals surface area contributed by atoms with Gasteiger partial charge in [0.2, 0.25) is 0 Å². The van der Waals surface area contributed by atoms with E-state index in [1.807, 2.05) is 4.90 Å². The molecule has 2 aliphatic heterocycles. The monoisotopic (exact) mass is 511 g/mol. The minimum atomic E-state index is -2.30. The van der Waals surface area contributed by atoms with Crippen LogP contribution in [0.2, 0.25) is 0 Å². The van der Waals surface area contributed by atoms with Crippen LogP contribution in [0.3, 0.4) is 0 Å². The zero-order valence-corrected chi connectivity index (χ0v) is 19.8. The molecule has 0 unspecified atom stereocenters. The zero-order valence-electron chi connectivity index (χ0n) is 19.0. The molecule has 1 atom stereocenters. The number of cyclic esters (lactones) is 2. The number of ether oxygens (including phenoxy) is 3. The number of carbonyl (C=O) groups excluding carboxylic acids is 2. The molecule has 1 N–H and O–H groups in total. The normalized spacial score (nSPS) is 19.5. The number of hydrogen-bond donors (Lipinski definition) is 1. The van der Waals surface area contributed by atoms with Crippen molar-refractivity contribution in [3.05, 3.63) is 65.5 Å². The first-order valence-electron chi connectivity index (χ1n) is 11.6. The number of furan rings is 1. The molecular formula is C26H22FNO7S. The van der Waals surface area contributed by atoms with Crippen LogP contribution in [0.15, 0.2) is 59.2 Å². The van der Waals surface area contributed by atoms with Gasteiger partial charge in [0.1, 0.15) is 17.1 Å². The summed E-state index contributed by atoms with van der Waals surface area (Å²) in [4.78, 5) is 27.1. The smallest absolute Gasteiger partial charge is 0.451 e. The van der Waals surface area contributed by atoms with Gasteiger partial charge in [-0.15, -0.1) is 11.3 Å². The van der Waals surface area contributed by atoms with Crippen LogP contribution in [-0.4, -0.2) is 53.7 Å². The number of β-amino-alcohol motifs (C(OH)–C–C–N with tert-alkyl or cyclic N) is 1. The molecule has 2 aliphatic rings. The lowest BCUT2D eigenvalue weighted by Gasteiger charge is -2.36. The Kier molecular flexibility index (Phi) is 5.66. The van der Waals surface area contributed by atoms with E-state index < -0.39 is 24.0 Å². The maximum atomic E-state index is 13.6. The van der Waals surface area contributed by atoms with Gasteiger partial charge in [0.15, 0.2) is 6.10 Å². The maximum Gasteiger partial charge on any atom is 0.451 e. The van der Waals surface area contributed by atoms with E-state index in [9.17, 15) is 19.1 Å². The van der Waals surface area contributed by atoms with Crippen LogP contribution in [0.4, 0.5) is 4.39 Å². The van der Waals surface area contributed by atoms with Crippen molar-refractivity contribution in [2.24, 2.45) is 0 Å². The Morgan fingerprint density at radius 3 is 2.67 bits per heavy atom. The second-order valence-electron chi connectivity index (χ2n) is 8.99. The molecule has 2 aromatic carbocycles. The number of fused-ring (bicyclic) bond motifs is 2. The highest BCUT2D eigenvalue weighted by atomic mass is 32.1. The topological polar surface area (TPSA) is 98.4 Å². The van der Waals surface area contributed by atoms with Crippen molar-refractivity contribution in [2.75, 3.05) is 19.6 Å². The first kappa shape index (κ1) is 23.0. The number of nitrogens with zero attached hydrogens (tertiary/aromatic N) is 1. The number of aliphatic hydroxyl groups excluding tert-OH is 1. The number of aliphatic hydroxyl groups is 1. The van der Waals surface area contributed by atoms with Gasteiger partial charge in [0, 0.05) is 16.1 Å². The molecule has 4 aromatic rings. The van der Waals surface area contributed by atoms with Gasteiger partial charge >= 0.3 is 17.9 Å². The highest BCUT2D eigenvalue weighted by molar-refractivity contribution is 7.19. The predicted molar refractivity (Wildman–Crippen MR) is 128 cm³/mol. The number of esters is 2. The average Bonchev–Trinajstić information content (AvgIpc) is 3.58. The lowest BCUT2D eigenvalue weighted by atomic mass is 9.94. The van der Waals surface area contributed by atoms with Gasteiger partial charge in [-0.1, -0.05) is 12.1 Å². The Labute approximate surface area is 208 Å².